The Hall–Kier alpha value is -4.63. The van der Waals surface area contributed by atoms with E-state index < -0.39 is 12.1 Å². The van der Waals surface area contributed by atoms with E-state index in [4.69, 9.17) is 26.0 Å². The fourth-order valence-electron chi connectivity index (χ4n) is 3.48. The van der Waals surface area contributed by atoms with Crippen molar-refractivity contribution < 1.29 is 28.8 Å². The molecule has 4 rings (SSSR count). The van der Waals surface area contributed by atoms with Gasteiger partial charge in [0.25, 0.3) is 5.91 Å². The summed E-state index contributed by atoms with van der Waals surface area (Å²) in [5.41, 5.74) is 3.27. The molecule has 0 aliphatic rings. The lowest BCUT2D eigenvalue weighted by Gasteiger charge is -2.09. The van der Waals surface area contributed by atoms with Gasteiger partial charge < -0.3 is 19.7 Å². The molecule has 3 N–H and O–H groups in total. The van der Waals surface area contributed by atoms with Crippen molar-refractivity contribution in [1.82, 2.24) is 5.16 Å². The summed E-state index contributed by atoms with van der Waals surface area (Å²) in [6.07, 6.45) is -0.184. The van der Waals surface area contributed by atoms with Gasteiger partial charge in [0, 0.05) is 28.3 Å². The Morgan fingerprint density at radius 1 is 0.946 bits per heavy atom. The first-order chi connectivity index (χ1) is 17.8. The Kier molecular flexibility index (Phi) is 7.85. The van der Waals surface area contributed by atoms with Crippen LogP contribution in [0.15, 0.2) is 77.3 Å². The predicted octanol–water partition coefficient (Wildman–Crippen LogP) is 6.05. The molecule has 1 heterocycles. The highest BCUT2D eigenvalue weighted by molar-refractivity contribution is 6.31. The number of aryl methyl sites for hydroxylation is 1. The van der Waals surface area contributed by atoms with E-state index in [2.05, 4.69) is 15.8 Å². The van der Waals surface area contributed by atoms with E-state index in [0.717, 1.165) is 5.56 Å². The van der Waals surface area contributed by atoms with Crippen molar-refractivity contribution in [3.05, 3.63) is 100 Å². The smallest absolute Gasteiger partial charge is 0.411 e. The van der Waals surface area contributed by atoms with Gasteiger partial charge in [-0.15, -0.1) is 0 Å². The van der Waals surface area contributed by atoms with E-state index in [1.165, 1.54) is 24.3 Å². The van der Waals surface area contributed by atoms with Gasteiger partial charge in [-0.25, -0.2) is 9.59 Å². The molecule has 4 aromatic rings. The van der Waals surface area contributed by atoms with Gasteiger partial charge >= 0.3 is 12.1 Å². The number of halogens is 1. The van der Waals surface area contributed by atoms with Gasteiger partial charge in [-0.1, -0.05) is 35.0 Å². The number of carbonyl (C=O) groups is 3. The predicted molar refractivity (Wildman–Crippen MR) is 138 cm³/mol. The average Bonchev–Trinajstić information content (AvgIpc) is 3.25. The molecule has 9 nitrogen and oxygen atoms in total. The third-order valence-electron chi connectivity index (χ3n) is 5.45. The molecule has 188 valence electrons. The summed E-state index contributed by atoms with van der Waals surface area (Å²) in [7, 11) is 0. The third kappa shape index (κ3) is 6.33. The van der Waals surface area contributed by atoms with E-state index >= 15 is 0 Å². The van der Waals surface area contributed by atoms with Crippen LogP contribution in [0.25, 0.3) is 11.3 Å². The van der Waals surface area contributed by atoms with Gasteiger partial charge in [-0.05, 0) is 67.1 Å². The molecule has 0 saturated heterocycles. The fourth-order valence-corrected chi connectivity index (χ4v) is 3.71. The first-order valence-electron chi connectivity index (χ1n) is 11.2. The van der Waals surface area contributed by atoms with E-state index in [-0.39, 0.29) is 18.1 Å². The molecule has 0 fully saturated rings. The molecule has 0 saturated carbocycles. The molecule has 10 heteroatoms. The molecular formula is C27H22ClN3O6. The molecule has 1 aromatic heterocycles. The minimum atomic E-state index is -1.07. The van der Waals surface area contributed by atoms with Gasteiger partial charge in [-0.2, -0.15) is 0 Å². The number of carbonyl (C=O) groups excluding carboxylic acids is 2. The van der Waals surface area contributed by atoms with Crippen molar-refractivity contribution in [2.45, 2.75) is 13.3 Å². The number of carboxylic acid groups (broad SMARTS) is 1. The number of nitrogens with one attached hydrogen (secondary N) is 2. The van der Waals surface area contributed by atoms with Crippen molar-refractivity contribution >= 4 is 40.9 Å². The minimum absolute atomic E-state index is 0.0946. The molecule has 0 atom stereocenters. The van der Waals surface area contributed by atoms with E-state index in [9.17, 15) is 14.4 Å². The van der Waals surface area contributed by atoms with E-state index in [0.29, 0.717) is 45.4 Å². The van der Waals surface area contributed by atoms with Crippen LogP contribution >= 0.6 is 11.6 Å². The normalized spacial score (nSPS) is 10.5. The topological polar surface area (TPSA) is 131 Å². The standard InChI is InChI=1S/C27H22ClN3O6/c1-16-23(30-27(35)36-15-14-17-4-2-3-5-22(17)28)24(37-31-16)18-10-12-21(13-11-18)29-25(32)19-6-8-20(9-7-19)26(33)34/h2-13H,14-15H2,1H3,(H,29,32)(H,30,35)(H,33,34). The first-order valence-corrected chi connectivity index (χ1v) is 11.6. The zero-order valence-corrected chi connectivity index (χ0v) is 20.4. The van der Waals surface area contributed by atoms with Crippen molar-refractivity contribution in [2.24, 2.45) is 0 Å². The second-order valence-electron chi connectivity index (χ2n) is 7.99. The lowest BCUT2D eigenvalue weighted by molar-refractivity contribution is 0.0696. The van der Waals surface area contributed by atoms with Crippen LogP contribution in [0.4, 0.5) is 16.2 Å². The van der Waals surface area contributed by atoms with Crippen LogP contribution in [0, 0.1) is 6.92 Å². The molecule has 37 heavy (non-hydrogen) atoms. The monoisotopic (exact) mass is 519 g/mol. The van der Waals surface area contributed by atoms with E-state index in [1.54, 1.807) is 37.3 Å². The number of hydrogen-bond acceptors (Lipinski definition) is 6. The molecule has 0 bridgehead atoms. The number of aromatic carboxylic acids is 1. The molecular weight excluding hydrogens is 498 g/mol. The van der Waals surface area contributed by atoms with Crippen LogP contribution in [-0.2, 0) is 11.2 Å². The average molecular weight is 520 g/mol. The van der Waals surface area contributed by atoms with Crippen molar-refractivity contribution in [3.63, 3.8) is 0 Å². The summed E-state index contributed by atoms with van der Waals surface area (Å²) in [5.74, 6) is -1.12. The maximum Gasteiger partial charge on any atom is 0.411 e. The fraction of sp³-hybridized carbons (Fsp3) is 0.111. The minimum Gasteiger partial charge on any atom is -0.478 e. The number of hydrogen-bond donors (Lipinski definition) is 3. The Bertz CT molecular complexity index is 1430. The Morgan fingerprint density at radius 2 is 1.62 bits per heavy atom. The van der Waals surface area contributed by atoms with Gasteiger partial charge in [-0.3, -0.25) is 10.1 Å². The highest BCUT2D eigenvalue weighted by Gasteiger charge is 2.18. The molecule has 2 amide bonds. The summed E-state index contributed by atoms with van der Waals surface area (Å²) in [5, 5.41) is 19.0. The van der Waals surface area contributed by atoms with Crippen LogP contribution in [0.5, 0.6) is 0 Å². The first kappa shape index (κ1) is 25.5. The summed E-state index contributed by atoms with van der Waals surface area (Å²) in [6.45, 7) is 1.83. The van der Waals surface area contributed by atoms with Crippen molar-refractivity contribution in [3.8, 4) is 11.3 Å². The lowest BCUT2D eigenvalue weighted by atomic mass is 10.1. The van der Waals surface area contributed by atoms with Crippen LogP contribution in [0.1, 0.15) is 32.0 Å². The molecule has 3 aromatic carbocycles. The number of rotatable bonds is 8. The second kappa shape index (κ2) is 11.4. The Morgan fingerprint density at radius 3 is 2.30 bits per heavy atom. The molecule has 0 unspecified atom stereocenters. The number of nitrogens with zero attached hydrogens (tertiary/aromatic N) is 1. The lowest BCUT2D eigenvalue weighted by Crippen LogP contribution is -2.16. The third-order valence-corrected chi connectivity index (χ3v) is 5.82. The summed E-state index contributed by atoms with van der Waals surface area (Å²) < 4.78 is 10.7. The number of carboxylic acids is 1. The van der Waals surface area contributed by atoms with Gasteiger partial charge in [0.2, 0.25) is 0 Å². The van der Waals surface area contributed by atoms with Crippen LogP contribution in [-0.4, -0.2) is 34.8 Å². The van der Waals surface area contributed by atoms with E-state index in [1.807, 2.05) is 18.2 Å². The number of ether oxygens (including phenoxy) is 1. The maximum atomic E-state index is 12.5. The Balaban J connectivity index is 1.38. The maximum absolute atomic E-state index is 12.5. The van der Waals surface area contributed by atoms with Gasteiger partial charge in [0.1, 0.15) is 11.4 Å². The van der Waals surface area contributed by atoms with Crippen LogP contribution < -0.4 is 10.6 Å². The highest BCUT2D eigenvalue weighted by atomic mass is 35.5. The number of amides is 2. The SMILES string of the molecule is Cc1noc(-c2ccc(NC(=O)c3ccc(C(=O)O)cc3)cc2)c1NC(=O)OCCc1ccccc1Cl. The highest BCUT2D eigenvalue weighted by Crippen LogP contribution is 2.32. The number of aromatic nitrogens is 1. The quantitative estimate of drug-likeness (QED) is 0.258. The zero-order valence-electron chi connectivity index (χ0n) is 19.7. The van der Waals surface area contributed by atoms with Crippen molar-refractivity contribution in [1.29, 1.82) is 0 Å². The molecule has 0 radical (unpaired) electrons. The van der Waals surface area contributed by atoms with Crippen LogP contribution in [0.3, 0.4) is 0 Å². The number of anilines is 2. The van der Waals surface area contributed by atoms with Crippen LogP contribution in [0.2, 0.25) is 5.02 Å². The summed E-state index contributed by atoms with van der Waals surface area (Å²) >= 11 is 6.13. The molecule has 0 aliphatic carbocycles. The van der Waals surface area contributed by atoms with Gasteiger partial charge in [0.05, 0.1) is 12.2 Å². The zero-order chi connectivity index (χ0) is 26.4. The number of benzene rings is 3. The van der Waals surface area contributed by atoms with Gasteiger partial charge in [0.15, 0.2) is 5.76 Å². The summed E-state index contributed by atoms with van der Waals surface area (Å²) in [4.78, 5) is 35.8. The molecule has 0 aliphatic heterocycles. The second-order valence-corrected chi connectivity index (χ2v) is 8.40. The summed E-state index contributed by atoms with van der Waals surface area (Å²) in [6, 6.07) is 19.7. The largest absolute Gasteiger partial charge is 0.478 e. The Labute approximate surface area is 217 Å². The van der Waals surface area contributed by atoms with Crippen molar-refractivity contribution in [2.75, 3.05) is 17.2 Å². The molecule has 0 spiro atoms.